The van der Waals surface area contributed by atoms with Crippen molar-refractivity contribution in [1.82, 2.24) is 5.32 Å². The van der Waals surface area contributed by atoms with E-state index in [1.807, 2.05) is 17.5 Å². The minimum absolute atomic E-state index is 0.189. The van der Waals surface area contributed by atoms with E-state index in [1.165, 1.54) is 25.7 Å². The molecule has 1 aromatic rings. The van der Waals surface area contributed by atoms with Crippen LogP contribution in [0.1, 0.15) is 56.9 Å². The molecule has 102 valence electrons. The second-order valence-electron chi connectivity index (χ2n) is 5.51. The molecule has 4 atom stereocenters. The van der Waals surface area contributed by atoms with E-state index in [-0.39, 0.29) is 12.1 Å². The number of aliphatic hydroxyl groups is 1. The molecule has 4 unspecified atom stereocenters. The third-order valence-corrected chi connectivity index (χ3v) is 5.14. The lowest BCUT2D eigenvalue weighted by molar-refractivity contribution is 0.109. The van der Waals surface area contributed by atoms with E-state index in [0.717, 1.165) is 17.2 Å². The lowest BCUT2D eigenvalue weighted by Crippen LogP contribution is -2.45. The minimum Gasteiger partial charge on any atom is -0.386 e. The molecule has 18 heavy (non-hydrogen) atoms. The fourth-order valence-corrected chi connectivity index (χ4v) is 3.70. The zero-order valence-corrected chi connectivity index (χ0v) is 12.2. The summed E-state index contributed by atoms with van der Waals surface area (Å²) in [7, 11) is 0. The van der Waals surface area contributed by atoms with Gasteiger partial charge >= 0.3 is 0 Å². The summed E-state index contributed by atoms with van der Waals surface area (Å²) in [6, 6.07) is 4.82. The van der Waals surface area contributed by atoms with Crippen molar-refractivity contribution in [3.8, 4) is 0 Å². The lowest BCUT2D eigenvalue weighted by Gasteiger charge is -2.34. The molecule has 1 heterocycles. The highest BCUT2D eigenvalue weighted by Gasteiger charge is 2.27. The minimum atomic E-state index is -0.357. The van der Waals surface area contributed by atoms with Crippen molar-refractivity contribution in [2.45, 2.75) is 64.1 Å². The van der Waals surface area contributed by atoms with E-state index in [2.05, 4.69) is 19.2 Å². The van der Waals surface area contributed by atoms with E-state index in [4.69, 9.17) is 0 Å². The number of aliphatic hydroxyl groups excluding tert-OH is 1. The van der Waals surface area contributed by atoms with Gasteiger partial charge in [0.05, 0.1) is 0 Å². The van der Waals surface area contributed by atoms with Crippen molar-refractivity contribution in [2.24, 2.45) is 5.92 Å². The van der Waals surface area contributed by atoms with Crippen LogP contribution >= 0.6 is 11.3 Å². The smallest absolute Gasteiger partial charge is 0.103 e. The molecular weight excluding hydrogens is 242 g/mol. The van der Waals surface area contributed by atoms with Crippen molar-refractivity contribution in [3.05, 3.63) is 22.4 Å². The van der Waals surface area contributed by atoms with Crippen LogP contribution in [0.25, 0.3) is 0 Å². The molecule has 1 aliphatic carbocycles. The molecule has 0 spiro atoms. The van der Waals surface area contributed by atoms with Crippen LogP contribution in [0.4, 0.5) is 0 Å². The summed E-state index contributed by atoms with van der Waals surface area (Å²) in [5, 5.41) is 16.2. The Morgan fingerprint density at radius 1 is 1.44 bits per heavy atom. The molecule has 0 bridgehead atoms. The molecule has 0 aromatic carbocycles. The van der Waals surface area contributed by atoms with E-state index in [1.54, 1.807) is 11.3 Å². The lowest BCUT2D eigenvalue weighted by atomic mass is 9.85. The van der Waals surface area contributed by atoms with Crippen LogP contribution in [0.3, 0.4) is 0 Å². The van der Waals surface area contributed by atoms with Crippen molar-refractivity contribution in [3.63, 3.8) is 0 Å². The molecule has 1 saturated carbocycles. The third-order valence-electron chi connectivity index (χ3n) is 4.20. The molecular formula is C15H25NOS. The molecule has 0 aliphatic heterocycles. The Labute approximate surface area is 114 Å². The zero-order chi connectivity index (χ0) is 13.0. The van der Waals surface area contributed by atoms with Crippen LogP contribution < -0.4 is 5.32 Å². The van der Waals surface area contributed by atoms with Crippen molar-refractivity contribution in [1.29, 1.82) is 0 Å². The van der Waals surface area contributed by atoms with Gasteiger partial charge in [0.25, 0.3) is 0 Å². The van der Waals surface area contributed by atoms with Gasteiger partial charge in [-0.05, 0) is 36.6 Å². The van der Waals surface area contributed by atoms with Crippen LogP contribution in [0.15, 0.2) is 17.5 Å². The highest BCUT2D eigenvalue weighted by Crippen LogP contribution is 2.28. The van der Waals surface area contributed by atoms with Gasteiger partial charge in [-0.3, -0.25) is 0 Å². The SMILES string of the molecule is CCC(NC1CCCCC1C)C(O)c1cccs1. The molecule has 1 aromatic heterocycles. The monoisotopic (exact) mass is 267 g/mol. The van der Waals surface area contributed by atoms with Gasteiger partial charge < -0.3 is 10.4 Å². The fourth-order valence-electron chi connectivity index (χ4n) is 2.93. The molecule has 2 rings (SSSR count). The Morgan fingerprint density at radius 2 is 2.22 bits per heavy atom. The summed E-state index contributed by atoms with van der Waals surface area (Å²) < 4.78 is 0. The maximum atomic E-state index is 10.4. The first-order valence-electron chi connectivity index (χ1n) is 7.20. The van der Waals surface area contributed by atoms with Gasteiger partial charge in [0.2, 0.25) is 0 Å². The average Bonchev–Trinajstić information content (AvgIpc) is 2.91. The molecule has 3 heteroatoms. The van der Waals surface area contributed by atoms with Crippen LogP contribution in [0.5, 0.6) is 0 Å². The van der Waals surface area contributed by atoms with Crippen molar-refractivity contribution >= 4 is 11.3 Å². The summed E-state index contributed by atoms with van der Waals surface area (Å²) in [5.41, 5.74) is 0. The van der Waals surface area contributed by atoms with Crippen LogP contribution in [-0.2, 0) is 0 Å². The van der Waals surface area contributed by atoms with Gasteiger partial charge in [0, 0.05) is 17.0 Å². The van der Waals surface area contributed by atoms with Crippen LogP contribution in [0, 0.1) is 5.92 Å². The molecule has 2 N–H and O–H groups in total. The largest absolute Gasteiger partial charge is 0.386 e. The Bertz CT molecular complexity index is 338. The first-order valence-corrected chi connectivity index (χ1v) is 8.07. The van der Waals surface area contributed by atoms with Gasteiger partial charge in [-0.25, -0.2) is 0 Å². The van der Waals surface area contributed by atoms with Crippen molar-refractivity contribution < 1.29 is 5.11 Å². The number of hydrogen-bond donors (Lipinski definition) is 2. The summed E-state index contributed by atoms with van der Waals surface area (Å²) in [6.07, 6.45) is 5.89. The average molecular weight is 267 g/mol. The molecule has 1 aliphatic rings. The first kappa shape index (κ1) is 14.0. The molecule has 0 saturated heterocycles. The number of nitrogens with one attached hydrogen (secondary N) is 1. The maximum absolute atomic E-state index is 10.4. The topological polar surface area (TPSA) is 32.3 Å². The normalized spacial score (nSPS) is 27.9. The van der Waals surface area contributed by atoms with Crippen LogP contribution in [-0.4, -0.2) is 17.2 Å². The maximum Gasteiger partial charge on any atom is 0.103 e. The van der Waals surface area contributed by atoms with E-state index in [9.17, 15) is 5.11 Å². The highest BCUT2D eigenvalue weighted by atomic mass is 32.1. The van der Waals surface area contributed by atoms with E-state index >= 15 is 0 Å². The molecule has 2 nitrogen and oxygen atoms in total. The quantitative estimate of drug-likeness (QED) is 0.852. The summed E-state index contributed by atoms with van der Waals surface area (Å²) >= 11 is 1.65. The van der Waals surface area contributed by atoms with Gasteiger partial charge in [-0.2, -0.15) is 0 Å². The second-order valence-corrected chi connectivity index (χ2v) is 6.49. The fraction of sp³-hybridized carbons (Fsp3) is 0.733. The molecule has 0 radical (unpaired) electrons. The Morgan fingerprint density at radius 3 is 2.83 bits per heavy atom. The number of hydrogen-bond acceptors (Lipinski definition) is 3. The van der Waals surface area contributed by atoms with Crippen molar-refractivity contribution in [2.75, 3.05) is 0 Å². The van der Waals surface area contributed by atoms with Gasteiger partial charge in [-0.1, -0.05) is 32.8 Å². The highest BCUT2D eigenvalue weighted by molar-refractivity contribution is 7.10. The zero-order valence-electron chi connectivity index (χ0n) is 11.4. The predicted molar refractivity (Wildman–Crippen MR) is 77.9 cm³/mol. The van der Waals surface area contributed by atoms with Gasteiger partial charge in [0.15, 0.2) is 0 Å². The first-order chi connectivity index (χ1) is 8.72. The van der Waals surface area contributed by atoms with E-state index < -0.39 is 0 Å². The van der Waals surface area contributed by atoms with E-state index in [0.29, 0.717) is 6.04 Å². The Kier molecular flexibility index (Phi) is 5.22. The van der Waals surface area contributed by atoms with Gasteiger partial charge in [-0.15, -0.1) is 11.3 Å². The summed E-state index contributed by atoms with van der Waals surface area (Å²) in [4.78, 5) is 1.08. The second kappa shape index (κ2) is 6.69. The Hall–Kier alpha value is -0.380. The van der Waals surface area contributed by atoms with Crippen LogP contribution in [0.2, 0.25) is 0 Å². The Balaban J connectivity index is 1.96. The van der Waals surface area contributed by atoms with Gasteiger partial charge in [0.1, 0.15) is 6.10 Å². The third kappa shape index (κ3) is 3.34. The summed E-state index contributed by atoms with van der Waals surface area (Å²) in [5.74, 6) is 0.739. The summed E-state index contributed by atoms with van der Waals surface area (Å²) in [6.45, 7) is 4.49. The molecule has 1 fully saturated rings. The number of thiophene rings is 1. The molecule has 0 amide bonds. The predicted octanol–water partition coefficient (Wildman–Crippen LogP) is 3.73. The standard InChI is InChI=1S/C15H25NOS/c1-3-12(15(17)14-9-6-10-18-14)16-13-8-5-4-7-11(13)2/h6,9-13,15-17H,3-5,7-8H2,1-2H3. The number of rotatable bonds is 5.